The highest BCUT2D eigenvalue weighted by atomic mass is 19.1. The van der Waals surface area contributed by atoms with Crippen LogP contribution in [0.25, 0.3) is 0 Å². The molecule has 100 valence electrons. The Bertz CT molecular complexity index is 545. The highest BCUT2D eigenvalue weighted by molar-refractivity contribution is 5.35. The molecular weight excluding hydrogens is 243 g/mol. The topological polar surface area (TPSA) is 45.2 Å². The maximum Gasteiger partial charge on any atom is 0.126 e. The second-order valence-corrected chi connectivity index (χ2v) is 4.60. The molecule has 0 amide bonds. The van der Waals surface area contributed by atoms with Crippen molar-refractivity contribution in [2.45, 2.75) is 25.9 Å². The lowest BCUT2D eigenvalue weighted by Crippen LogP contribution is -2.22. The summed E-state index contributed by atoms with van der Waals surface area (Å²) in [5.74, 6) is -0.466. The first-order valence-corrected chi connectivity index (χ1v) is 6.22. The fraction of sp³-hybridized carbons (Fsp3) is 0.267. The van der Waals surface area contributed by atoms with Gasteiger partial charge in [-0.25, -0.2) is 4.39 Å². The van der Waals surface area contributed by atoms with E-state index in [1.807, 2.05) is 26.0 Å². The van der Waals surface area contributed by atoms with E-state index in [2.05, 4.69) is 10.3 Å². The zero-order chi connectivity index (χ0) is 13.8. The van der Waals surface area contributed by atoms with Crippen LogP contribution in [0.15, 0.2) is 42.7 Å². The van der Waals surface area contributed by atoms with Crippen LogP contribution in [0.5, 0.6) is 5.75 Å². The highest BCUT2D eigenvalue weighted by Crippen LogP contribution is 2.26. The van der Waals surface area contributed by atoms with Gasteiger partial charge in [0.15, 0.2) is 0 Å². The van der Waals surface area contributed by atoms with Crippen molar-refractivity contribution in [1.82, 2.24) is 10.3 Å². The number of halogens is 1. The molecule has 1 heterocycles. The lowest BCUT2D eigenvalue weighted by atomic mass is 10.0. The van der Waals surface area contributed by atoms with Crippen LogP contribution < -0.4 is 5.32 Å². The van der Waals surface area contributed by atoms with Crippen LogP contribution in [0.1, 0.15) is 37.1 Å². The Morgan fingerprint density at radius 2 is 2.00 bits per heavy atom. The summed E-state index contributed by atoms with van der Waals surface area (Å²) in [7, 11) is 0. The van der Waals surface area contributed by atoms with E-state index in [0.717, 1.165) is 11.6 Å². The highest BCUT2D eigenvalue weighted by Gasteiger charge is 2.14. The van der Waals surface area contributed by atoms with Crippen LogP contribution in [0.3, 0.4) is 0 Å². The summed E-state index contributed by atoms with van der Waals surface area (Å²) in [5.41, 5.74) is 1.74. The molecule has 0 bridgehead atoms. The van der Waals surface area contributed by atoms with Gasteiger partial charge in [0.1, 0.15) is 11.6 Å². The Kier molecular flexibility index (Phi) is 4.12. The van der Waals surface area contributed by atoms with Crippen molar-refractivity contribution in [1.29, 1.82) is 0 Å². The lowest BCUT2D eigenvalue weighted by Gasteiger charge is -2.21. The van der Waals surface area contributed by atoms with Crippen LogP contribution in [0.4, 0.5) is 4.39 Å². The second kappa shape index (κ2) is 5.80. The van der Waals surface area contributed by atoms with Crippen molar-refractivity contribution in [3.8, 4) is 5.75 Å². The van der Waals surface area contributed by atoms with E-state index in [0.29, 0.717) is 5.56 Å². The fourth-order valence-electron chi connectivity index (χ4n) is 2.08. The smallest absolute Gasteiger partial charge is 0.126 e. The molecule has 0 spiro atoms. The molecule has 2 aromatic rings. The summed E-state index contributed by atoms with van der Waals surface area (Å²) in [6, 6.07) is 7.95. The van der Waals surface area contributed by atoms with Crippen LogP contribution in [0, 0.1) is 5.82 Å². The second-order valence-electron chi connectivity index (χ2n) is 4.60. The third-order valence-electron chi connectivity index (χ3n) is 3.14. The molecule has 1 aromatic heterocycles. The monoisotopic (exact) mass is 260 g/mol. The van der Waals surface area contributed by atoms with Crippen LogP contribution in [0.2, 0.25) is 0 Å². The third kappa shape index (κ3) is 3.29. The number of phenolic OH excluding ortho intramolecular Hbond substituents is 1. The number of pyridine rings is 1. The number of nitrogens with zero attached hydrogens (tertiary/aromatic N) is 1. The van der Waals surface area contributed by atoms with Gasteiger partial charge in [0.25, 0.3) is 0 Å². The van der Waals surface area contributed by atoms with E-state index in [1.54, 1.807) is 18.5 Å². The minimum atomic E-state index is -0.436. The number of hydrogen-bond acceptors (Lipinski definition) is 3. The summed E-state index contributed by atoms with van der Waals surface area (Å²) >= 11 is 0. The number of benzene rings is 1. The van der Waals surface area contributed by atoms with E-state index in [4.69, 9.17) is 0 Å². The van der Waals surface area contributed by atoms with E-state index < -0.39 is 5.82 Å². The molecule has 0 radical (unpaired) electrons. The molecule has 0 aliphatic carbocycles. The predicted octanol–water partition coefficient (Wildman–Crippen LogP) is 3.34. The molecule has 0 aliphatic rings. The standard InChI is InChI=1S/C15H17FN2O/c1-10(12-4-3-7-17-9-12)18-11(2)14-6-5-13(16)8-15(14)19/h3-11,18-19H,1-2H3/t10-,11?/m0/s1. The summed E-state index contributed by atoms with van der Waals surface area (Å²) in [5, 5.41) is 13.1. The minimum Gasteiger partial charge on any atom is -0.508 e. The molecule has 2 rings (SSSR count). The first-order valence-electron chi connectivity index (χ1n) is 6.22. The van der Waals surface area contributed by atoms with Gasteiger partial charge < -0.3 is 10.4 Å². The number of aromatic hydroxyl groups is 1. The Morgan fingerprint density at radius 3 is 2.63 bits per heavy atom. The van der Waals surface area contributed by atoms with Crippen molar-refractivity contribution in [3.63, 3.8) is 0 Å². The van der Waals surface area contributed by atoms with Crippen molar-refractivity contribution in [2.24, 2.45) is 0 Å². The van der Waals surface area contributed by atoms with Crippen molar-refractivity contribution >= 4 is 0 Å². The number of phenols is 1. The molecule has 0 fully saturated rings. The third-order valence-corrected chi connectivity index (χ3v) is 3.14. The minimum absolute atomic E-state index is 0.0293. The van der Waals surface area contributed by atoms with Crippen LogP contribution >= 0.6 is 0 Å². The summed E-state index contributed by atoms with van der Waals surface area (Å²) < 4.78 is 12.9. The van der Waals surface area contributed by atoms with Crippen LogP contribution in [-0.4, -0.2) is 10.1 Å². The molecule has 3 nitrogen and oxygen atoms in total. The van der Waals surface area contributed by atoms with Gasteiger partial charge in [0.05, 0.1) is 0 Å². The number of aromatic nitrogens is 1. The SMILES string of the molecule is CC(N[C@@H](C)c1cccnc1)c1ccc(F)cc1O. The van der Waals surface area contributed by atoms with Gasteiger partial charge in [0.2, 0.25) is 0 Å². The van der Waals surface area contributed by atoms with E-state index in [-0.39, 0.29) is 17.8 Å². The molecule has 0 saturated heterocycles. The largest absolute Gasteiger partial charge is 0.508 e. The molecule has 0 saturated carbocycles. The van der Waals surface area contributed by atoms with Gasteiger partial charge in [-0.2, -0.15) is 0 Å². The average Bonchev–Trinajstić information content (AvgIpc) is 2.39. The molecule has 19 heavy (non-hydrogen) atoms. The molecule has 4 heteroatoms. The first kappa shape index (κ1) is 13.5. The Morgan fingerprint density at radius 1 is 1.21 bits per heavy atom. The summed E-state index contributed by atoms with van der Waals surface area (Å²) in [6.07, 6.45) is 3.53. The van der Waals surface area contributed by atoms with Gasteiger partial charge in [-0.15, -0.1) is 0 Å². The molecule has 0 aliphatic heterocycles. The molecule has 1 unspecified atom stereocenters. The van der Waals surface area contributed by atoms with Gasteiger partial charge in [-0.1, -0.05) is 12.1 Å². The van der Waals surface area contributed by atoms with E-state index in [9.17, 15) is 9.50 Å². The Labute approximate surface area is 112 Å². The average molecular weight is 260 g/mol. The van der Waals surface area contributed by atoms with Crippen molar-refractivity contribution in [2.75, 3.05) is 0 Å². The van der Waals surface area contributed by atoms with Crippen molar-refractivity contribution < 1.29 is 9.50 Å². The van der Waals surface area contributed by atoms with Gasteiger partial charge in [-0.3, -0.25) is 4.98 Å². The van der Waals surface area contributed by atoms with E-state index >= 15 is 0 Å². The predicted molar refractivity (Wildman–Crippen MR) is 72.3 cm³/mol. The molecule has 1 aromatic carbocycles. The summed E-state index contributed by atoms with van der Waals surface area (Å²) in [6.45, 7) is 3.95. The number of rotatable bonds is 4. The molecular formula is C15H17FN2O. The van der Waals surface area contributed by atoms with Crippen LogP contribution in [-0.2, 0) is 0 Å². The molecule has 2 atom stereocenters. The number of hydrogen-bond donors (Lipinski definition) is 2. The normalized spacial score (nSPS) is 14.1. The summed E-state index contributed by atoms with van der Waals surface area (Å²) in [4.78, 5) is 4.08. The Balaban J connectivity index is 2.10. The van der Waals surface area contributed by atoms with Gasteiger partial charge >= 0.3 is 0 Å². The lowest BCUT2D eigenvalue weighted by molar-refractivity contribution is 0.434. The van der Waals surface area contributed by atoms with Crippen molar-refractivity contribution in [3.05, 3.63) is 59.7 Å². The maximum atomic E-state index is 12.9. The number of nitrogens with one attached hydrogen (secondary N) is 1. The zero-order valence-electron chi connectivity index (χ0n) is 11.0. The fourth-order valence-corrected chi connectivity index (χ4v) is 2.08. The van der Waals surface area contributed by atoms with Gasteiger partial charge in [0, 0.05) is 36.1 Å². The first-order chi connectivity index (χ1) is 9.08. The Hall–Kier alpha value is -1.94. The van der Waals surface area contributed by atoms with E-state index in [1.165, 1.54) is 6.07 Å². The molecule has 2 N–H and O–H groups in total. The van der Waals surface area contributed by atoms with Gasteiger partial charge in [-0.05, 0) is 31.5 Å². The maximum absolute atomic E-state index is 12.9. The quantitative estimate of drug-likeness (QED) is 0.886. The zero-order valence-corrected chi connectivity index (χ0v) is 11.0.